The van der Waals surface area contributed by atoms with Gasteiger partial charge in [-0.05, 0) is 57.0 Å². The predicted octanol–water partition coefficient (Wildman–Crippen LogP) is 2.38. The summed E-state index contributed by atoms with van der Waals surface area (Å²) in [5.41, 5.74) is -0.574. The van der Waals surface area contributed by atoms with Gasteiger partial charge in [0.05, 0.1) is 18.2 Å². The van der Waals surface area contributed by atoms with Crippen LogP contribution in [0.4, 0.5) is 17.5 Å². The van der Waals surface area contributed by atoms with Gasteiger partial charge in [-0.1, -0.05) is 6.92 Å². The number of rotatable bonds is 7. The Labute approximate surface area is 181 Å². The van der Waals surface area contributed by atoms with Crippen LogP contribution in [0, 0.1) is 16.7 Å². The fourth-order valence-corrected chi connectivity index (χ4v) is 3.31. The fraction of sp³-hybridized carbons (Fsp3) is 0.409. The lowest BCUT2D eigenvalue weighted by Gasteiger charge is -2.23. The summed E-state index contributed by atoms with van der Waals surface area (Å²) in [6, 6.07) is 10.6. The van der Waals surface area contributed by atoms with Crippen LogP contribution in [0.3, 0.4) is 0 Å². The van der Waals surface area contributed by atoms with Crippen molar-refractivity contribution in [2.45, 2.75) is 39.2 Å². The van der Waals surface area contributed by atoms with Crippen molar-refractivity contribution in [2.24, 2.45) is 5.41 Å². The number of carbonyl (C=O) groups is 2. The predicted molar refractivity (Wildman–Crippen MR) is 116 cm³/mol. The van der Waals surface area contributed by atoms with E-state index >= 15 is 0 Å². The lowest BCUT2D eigenvalue weighted by atomic mass is 9.85. The van der Waals surface area contributed by atoms with Crippen molar-refractivity contribution >= 4 is 29.3 Å². The zero-order valence-corrected chi connectivity index (χ0v) is 17.8. The zero-order chi connectivity index (χ0) is 22.6. The number of benzene rings is 1. The van der Waals surface area contributed by atoms with Gasteiger partial charge in [-0.25, -0.2) is 4.98 Å². The van der Waals surface area contributed by atoms with E-state index < -0.39 is 11.0 Å². The quantitative estimate of drug-likeness (QED) is 0.624. The van der Waals surface area contributed by atoms with Crippen LogP contribution in [0.5, 0.6) is 0 Å². The van der Waals surface area contributed by atoms with Crippen LogP contribution < -0.4 is 15.5 Å². The number of nitrogens with one attached hydrogen (secondary N) is 2. The Bertz CT molecular complexity index is 1010. The van der Waals surface area contributed by atoms with Gasteiger partial charge in [0.2, 0.25) is 11.9 Å². The van der Waals surface area contributed by atoms with Crippen molar-refractivity contribution in [3.8, 4) is 6.07 Å². The SMILES string of the molecule is CCC1(C#N)CCN(c2ccnc(Nc3ccc(C(=O)NC(C)(C)CO)cc3)n2)C1=O. The minimum Gasteiger partial charge on any atom is -0.394 e. The first-order valence-corrected chi connectivity index (χ1v) is 10.1. The molecule has 1 saturated heterocycles. The minimum absolute atomic E-state index is 0.167. The Balaban J connectivity index is 1.71. The van der Waals surface area contributed by atoms with Gasteiger partial charge in [-0.2, -0.15) is 10.2 Å². The Hall–Kier alpha value is -3.51. The first-order valence-electron chi connectivity index (χ1n) is 10.1. The molecule has 9 nitrogen and oxygen atoms in total. The first kappa shape index (κ1) is 22.2. The molecule has 1 aromatic carbocycles. The number of aliphatic hydroxyl groups is 1. The van der Waals surface area contributed by atoms with Crippen LogP contribution in [-0.4, -0.2) is 45.6 Å². The number of amides is 2. The zero-order valence-electron chi connectivity index (χ0n) is 17.8. The molecule has 31 heavy (non-hydrogen) atoms. The molecule has 2 aromatic rings. The molecule has 1 atom stereocenters. The van der Waals surface area contributed by atoms with Gasteiger partial charge in [-0.3, -0.25) is 14.5 Å². The third kappa shape index (κ3) is 4.64. The van der Waals surface area contributed by atoms with Crippen LogP contribution in [0.15, 0.2) is 36.5 Å². The summed E-state index contributed by atoms with van der Waals surface area (Å²) >= 11 is 0. The molecule has 9 heteroatoms. The average Bonchev–Trinajstić information content (AvgIpc) is 3.10. The highest BCUT2D eigenvalue weighted by atomic mass is 16.3. The Kier molecular flexibility index (Phi) is 6.22. The largest absolute Gasteiger partial charge is 0.394 e. The molecule has 1 aliphatic rings. The number of hydrogen-bond acceptors (Lipinski definition) is 7. The van der Waals surface area contributed by atoms with Gasteiger partial charge in [-0.15, -0.1) is 0 Å². The van der Waals surface area contributed by atoms with E-state index in [9.17, 15) is 20.0 Å². The standard InChI is InChI=1S/C22H26N6O3/c1-4-22(13-23)10-12-28(19(22)31)17-9-11-24-20(26-17)25-16-7-5-15(6-8-16)18(30)27-21(2,3)14-29/h5-9,11,29H,4,10,12,14H2,1-3H3,(H,27,30)(H,24,25,26). The van der Waals surface area contributed by atoms with E-state index in [0.717, 1.165) is 0 Å². The molecule has 1 aromatic heterocycles. The van der Waals surface area contributed by atoms with E-state index in [1.807, 2.05) is 6.92 Å². The van der Waals surface area contributed by atoms with E-state index in [1.165, 1.54) is 4.90 Å². The van der Waals surface area contributed by atoms with E-state index in [1.54, 1.807) is 50.4 Å². The molecule has 0 aliphatic carbocycles. The molecule has 0 radical (unpaired) electrons. The molecule has 2 heterocycles. The average molecular weight is 422 g/mol. The molecule has 162 valence electrons. The summed E-state index contributed by atoms with van der Waals surface area (Å²) in [6.07, 6.45) is 2.49. The molecule has 1 fully saturated rings. The van der Waals surface area contributed by atoms with Crippen molar-refractivity contribution in [1.29, 1.82) is 5.26 Å². The van der Waals surface area contributed by atoms with E-state index in [2.05, 4.69) is 26.7 Å². The first-order chi connectivity index (χ1) is 14.7. The van der Waals surface area contributed by atoms with E-state index in [0.29, 0.717) is 42.4 Å². The second-order valence-electron chi connectivity index (χ2n) is 8.19. The summed E-state index contributed by atoms with van der Waals surface area (Å²) in [4.78, 5) is 35.2. The highest BCUT2D eigenvalue weighted by molar-refractivity contribution is 6.01. The Morgan fingerprint density at radius 3 is 2.61 bits per heavy atom. The number of anilines is 3. The summed E-state index contributed by atoms with van der Waals surface area (Å²) in [7, 11) is 0. The molecule has 3 N–H and O–H groups in total. The van der Waals surface area contributed by atoms with Crippen LogP contribution in [-0.2, 0) is 4.79 Å². The monoisotopic (exact) mass is 422 g/mol. The number of carbonyl (C=O) groups excluding carboxylic acids is 2. The maximum Gasteiger partial charge on any atom is 0.251 e. The molecule has 0 bridgehead atoms. The summed E-state index contributed by atoms with van der Waals surface area (Å²) in [5, 5.41) is 24.6. The van der Waals surface area contributed by atoms with Crippen molar-refractivity contribution in [1.82, 2.24) is 15.3 Å². The lowest BCUT2D eigenvalue weighted by molar-refractivity contribution is -0.123. The number of aromatic nitrogens is 2. The fourth-order valence-electron chi connectivity index (χ4n) is 3.31. The molecule has 1 aliphatic heterocycles. The molecule has 2 amide bonds. The normalized spacial score (nSPS) is 18.5. The topological polar surface area (TPSA) is 131 Å². The lowest BCUT2D eigenvalue weighted by Crippen LogP contribution is -2.46. The number of hydrogen-bond donors (Lipinski definition) is 3. The van der Waals surface area contributed by atoms with E-state index in [4.69, 9.17) is 0 Å². The van der Waals surface area contributed by atoms with Crippen molar-refractivity contribution < 1.29 is 14.7 Å². The number of nitrogens with zero attached hydrogens (tertiary/aromatic N) is 4. The second-order valence-corrected chi connectivity index (χ2v) is 8.19. The summed E-state index contributed by atoms with van der Waals surface area (Å²) in [5.74, 6) is 0.224. The highest BCUT2D eigenvalue weighted by Crippen LogP contribution is 2.36. The van der Waals surface area contributed by atoms with E-state index in [-0.39, 0.29) is 18.4 Å². The Morgan fingerprint density at radius 1 is 1.32 bits per heavy atom. The molecule has 1 unspecified atom stereocenters. The van der Waals surface area contributed by atoms with Gasteiger partial charge in [0, 0.05) is 24.0 Å². The van der Waals surface area contributed by atoms with Crippen LogP contribution in [0.1, 0.15) is 44.0 Å². The minimum atomic E-state index is -0.987. The summed E-state index contributed by atoms with van der Waals surface area (Å²) < 4.78 is 0. The van der Waals surface area contributed by atoms with Crippen molar-refractivity contribution in [3.05, 3.63) is 42.1 Å². The third-order valence-electron chi connectivity index (χ3n) is 5.40. The van der Waals surface area contributed by atoms with Crippen LogP contribution >= 0.6 is 0 Å². The van der Waals surface area contributed by atoms with Crippen LogP contribution in [0.2, 0.25) is 0 Å². The van der Waals surface area contributed by atoms with Gasteiger partial charge >= 0.3 is 0 Å². The second kappa shape index (κ2) is 8.70. The van der Waals surface area contributed by atoms with Gasteiger partial charge < -0.3 is 15.7 Å². The maximum absolute atomic E-state index is 12.8. The number of aliphatic hydroxyl groups excluding tert-OH is 1. The molecular formula is C22H26N6O3. The summed E-state index contributed by atoms with van der Waals surface area (Å²) in [6.45, 7) is 5.57. The highest BCUT2D eigenvalue weighted by Gasteiger charge is 2.46. The van der Waals surface area contributed by atoms with Gasteiger partial charge in [0.1, 0.15) is 11.2 Å². The van der Waals surface area contributed by atoms with Gasteiger partial charge in [0.25, 0.3) is 5.91 Å². The third-order valence-corrected chi connectivity index (χ3v) is 5.40. The molecule has 0 saturated carbocycles. The maximum atomic E-state index is 12.8. The number of nitriles is 1. The Morgan fingerprint density at radius 2 is 2.03 bits per heavy atom. The van der Waals surface area contributed by atoms with Crippen molar-refractivity contribution in [2.75, 3.05) is 23.4 Å². The smallest absolute Gasteiger partial charge is 0.251 e. The van der Waals surface area contributed by atoms with Crippen molar-refractivity contribution in [3.63, 3.8) is 0 Å². The van der Waals surface area contributed by atoms with Gasteiger partial charge in [0.15, 0.2) is 0 Å². The molecule has 0 spiro atoms. The molecule has 3 rings (SSSR count). The molecular weight excluding hydrogens is 396 g/mol. The van der Waals surface area contributed by atoms with Crippen LogP contribution in [0.25, 0.3) is 0 Å².